The Bertz CT molecular complexity index is 844. The minimum absolute atomic E-state index is 0.00119. The number of benzene rings is 1. The molecule has 2 aliphatic rings. The lowest BCUT2D eigenvalue weighted by Gasteiger charge is -2.40. The zero-order valence-electron chi connectivity index (χ0n) is 14.6. The zero-order valence-corrected chi connectivity index (χ0v) is 14.6. The number of rotatable bonds is 6. The highest BCUT2D eigenvalue weighted by Crippen LogP contribution is 2.34. The van der Waals surface area contributed by atoms with Gasteiger partial charge in [-0.25, -0.2) is 13.8 Å². The second-order valence-corrected chi connectivity index (χ2v) is 7.07. The first kappa shape index (κ1) is 17.6. The van der Waals surface area contributed by atoms with Crippen LogP contribution >= 0.6 is 0 Å². The van der Waals surface area contributed by atoms with Crippen LogP contribution in [0.3, 0.4) is 0 Å². The molecule has 0 bridgehead atoms. The maximum atomic E-state index is 14.6. The Hall–Kier alpha value is -2.77. The van der Waals surface area contributed by atoms with Crippen molar-refractivity contribution in [3.63, 3.8) is 0 Å². The maximum absolute atomic E-state index is 14.6. The van der Waals surface area contributed by atoms with Gasteiger partial charge in [0.2, 0.25) is 5.88 Å². The predicted molar refractivity (Wildman–Crippen MR) is 93.6 cm³/mol. The molecule has 2 heterocycles. The molecule has 0 atom stereocenters. The summed E-state index contributed by atoms with van der Waals surface area (Å²) < 4.78 is 34.8. The number of nitrogens with zero attached hydrogens (tertiary/aromatic N) is 3. The van der Waals surface area contributed by atoms with Gasteiger partial charge in [-0.15, -0.1) is 0 Å². The van der Waals surface area contributed by atoms with E-state index in [0.29, 0.717) is 24.7 Å². The molecule has 27 heavy (non-hydrogen) atoms. The topological polar surface area (TPSA) is 75.5 Å². The van der Waals surface area contributed by atoms with Crippen LogP contribution in [0.1, 0.15) is 25.7 Å². The van der Waals surface area contributed by atoms with Crippen molar-refractivity contribution >= 4 is 11.7 Å². The Kier molecular flexibility index (Phi) is 4.63. The highest BCUT2D eigenvalue weighted by molar-refractivity contribution is 5.68. The van der Waals surface area contributed by atoms with Gasteiger partial charge in [0.05, 0.1) is 24.5 Å². The lowest BCUT2D eigenvalue weighted by molar-refractivity contribution is -0.138. The summed E-state index contributed by atoms with van der Waals surface area (Å²) in [4.78, 5) is 20.6. The van der Waals surface area contributed by atoms with Crippen molar-refractivity contribution in [3.05, 3.63) is 36.2 Å². The van der Waals surface area contributed by atoms with Crippen molar-refractivity contribution in [1.82, 2.24) is 9.97 Å². The molecule has 2 fully saturated rings. The number of aromatic nitrogens is 2. The van der Waals surface area contributed by atoms with Crippen LogP contribution in [-0.2, 0) is 4.79 Å². The number of halogens is 2. The van der Waals surface area contributed by atoms with Crippen molar-refractivity contribution in [2.24, 2.45) is 5.92 Å². The molecule has 0 unspecified atom stereocenters. The Morgan fingerprint density at radius 2 is 1.93 bits per heavy atom. The number of ether oxygens (including phenoxy) is 1. The fourth-order valence-electron chi connectivity index (χ4n) is 3.35. The lowest BCUT2D eigenvalue weighted by atomic mass is 9.95. The van der Waals surface area contributed by atoms with Crippen LogP contribution < -0.4 is 9.64 Å². The van der Waals surface area contributed by atoms with Crippen molar-refractivity contribution < 1.29 is 23.4 Å². The van der Waals surface area contributed by atoms with E-state index in [4.69, 9.17) is 9.84 Å². The van der Waals surface area contributed by atoms with Crippen molar-refractivity contribution in [1.29, 1.82) is 0 Å². The van der Waals surface area contributed by atoms with Crippen LogP contribution in [0.15, 0.2) is 24.5 Å². The highest BCUT2D eigenvalue weighted by Gasteiger charge is 2.32. The highest BCUT2D eigenvalue weighted by atomic mass is 19.1. The van der Waals surface area contributed by atoms with Gasteiger partial charge in [-0.1, -0.05) is 0 Å². The third kappa shape index (κ3) is 3.70. The lowest BCUT2D eigenvalue weighted by Crippen LogP contribution is -2.48. The summed E-state index contributed by atoms with van der Waals surface area (Å²) >= 11 is 0. The van der Waals surface area contributed by atoms with Crippen LogP contribution in [0.4, 0.5) is 14.5 Å². The van der Waals surface area contributed by atoms with Gasteiger partial charge in [0.15, 0.2) is 0 Å². The van der Waals surface area contributed by atoms with Crippen LogP contribution in [-0.4, -0.2) is 40.2 Å². The summed E-state index contributed by atoms with van der Waals surface area (Å²) in [5.41, 5.74) is 0.488. The number of hydrogen-bond donors (Lipinski definition) is 1. The maximum Gasteiger partial charge on any atom is 0.303 e. The quantitative estimate of drug-likeness (QED) is 0.835. The molecule has 1 aliphatic heterocycles. The van der Waals surface area contributed by atoms with Gasteiger partial charge in [-0.2, -0.15) is 0 Å². The first-order valence-electron chi connectivity index (χ1n) is 8.94. The van der Waals surface area contributed by atoms with Crippen LogP contribution in [0.5, 0.6) is 5.88 Å². The smallest absolute Gasteiger partial charge is 0.303 e. The summed E-state index contributed by atoms with van der Waals surface area (Å²) in [6.45, 7) is 0.647. The predicted octanol–water partition coefficient (Wildman–Crippen LogP) is 3.26. The van der Waals surface area contributed by atoms with Gasteiger partial charge in [-0.05, 0) is 31.4 Å². The molecule has 1 aromatic heterocycles. The average molecular weight is 375 g/mol. The molecule has 1 aliphatic carbocycles. The molecule has 2 aromatic rings. The van der Waals surface area contributed by atoms with Crippen LogP contribution in [0, 0.1) is 17.6 Å². The van der Waals surface area contributed by atoms with Crippen molar-refractivity contribution in [2.45, 2.75) is 31.8 Å². The van der Waals surface area contributed by atoms with E-state index in [1.54, 1.807) is 0 Å². The fourth-order valence-corrected chi connectivity index (χ4v) is 3.35. The van der Waals surface area contributed by atoms with Crippen LogP contribution in [0.2, 0.25) is 0 Å². The molecular weight excluding hydrogens is 356 g/mol. The fraction of sp³-hybridized carbons (Fsp3) is 0.421. The molecule has 4 rings (SSSR count). The van der Waals surface area contributed by atoms with E-state index in [-0.39, 0.29) is 29.7 Å². The average Bonchev–Trinajstić information content (AvgIpc) is 2.55. The third-order valence-corrected chi connectivity index (χ3v) is 5.00. The third-order valence-electron chi connectivity index (χ3n) is 5.00. The summed E-state index contributed by atoms with van der Waals surface area (Å²) in [7, 11) is 0. The van der Waals surface area contributed by atoms with Gasteiger partial charge >= 0.3 is 5.97 Å². The Morgan fingerprint density at radius 1 is 1.22 bits per heavy atom. The van der Waals surface area contributed by atoms with E-state index < -0.39 is 17.6 Å². The van der Waals surface area contributed by atoms with E-state index in [2.05, 4.69) is 9.97 Å². The summed E-state index contributed by atoms with van der Waals surface area (Å²) in [6.07, 6.45) is 6.14. The van der Waals surface area contributed by atoms with Gasteiger partial charge in [0.1, 0.15) is 23.4 Å². The minimum Gasteiger partial charge on any atom is -0.481 e. The molecule has 6 nitrogen and oxygen atoms in total. The molecule has 1 saturated carbocycles. The van der Waals surface area contributed by atoms with E-state index in [0.717, 1.165) is 19.3 Å². The Labute approximate surface area is 154 Å². The molecule has 0 spiro atoms. The van der Waals surface area contributed by atoms with E-state index in [1.165, 1.54) is 29.4 Å². The molecule has 1 aromatic carbocycles. The summed E-state index contributed by atoms with van der Waals surface area (Å²) in [6, 6.07) is 2.44. The summed E-state index contributed by atoms with van der Waals surface area (Å²) in [5, 5.41) is 8.78. The first-order chi connectivity index (χ1) is 13.0. The van der Waals surface area contributed by atoms with E-state index >= 15 is 0 Å². The number of aliphatic carboxylic acids is 1. The Morgan fingerprint density at radius 3 is 2.52 bits per heavy atom. The molecule has 0 amide bonds. The van der Waals surface area contributed by atoms with Gasteiger partial charge in [0, 0.05) is 24.6 Å². The zero-order chi connectivity index (χ0) is 19.0. The Balaban J connectivity index is 1.52. The first-order valence-corrected chi connectivity index (χ1v) is 8.94. The molecule has 8 heteroatoms. The monoisotopic (exact) mass is 375 g/mol. The largest absolute Gasteiger partial charge is 0.481 e. The van der Waals surface area contributed by atoms with Gasteiger partial charge in [-0.3, -0.25) is 9.78 Å². The van der Waals surface area contributed by atoms with E-state index in [1.807, 2.05) is 0 Å². The number of carbonyl (C=O) groups is 1. The van der Waals surface area contributed by atoms with Gasteiger partial charge < -0.3 is 14.7 Å². The summed E-state index contributed by atoms with van der Waals surface area (Å²) in [5.74, 6) is -2.05. The molecule has 1 saturated heterocycles. The van der Waals surface area contributed by atoms with Gasteiger partial charge in [0.25, 0.3) is 0 Å². The number of anilines is 1. The van der Waals surface area contributed by atoms with Crippen molar-refractivity contribution in [3.8, 4) is 17.1 Å². The normalized spacial score (nSPS) is 17.3. The van der Waals surface area contributed by atoms with Crippen LogP contribution in [0.25, 0.3) is 11.3 Å². The SMILES string of the molecule is O=C(O)CC1CN(c2c(F)cc(-c3cncc(OC4CCC4)n3)cc2F)C1. The molecule has 1 N–H and O–H groups in total. The second kappa shape index (κ2) is 7.09. The minimum atomic E-state index is -0.904. The second-order valence-electron chi connectivity index (χ2n) is 7.07. The molecule has 142 valence electrons. The molecule has 0 radical (unpaired) electrons. The number of carboxylic acid groups (broad SMARTS) is 1. The van der Waals surface area contributed by atoms with Crippen molar-refractivity contribution in [2.75, 3.05) is 18.0 Å². The van der Waals surface area contributed by atoms with E-state index in [9.17, 15) is 13.6 Å². The standard InChI is InChI=1S/C19H19F2N3O3/c20-14-5-12(16-7-22-8-17(23-16)27-13-2-1-3-13)6-15(21)19(14)24-9-11(10-24)4-18(25)26/h5-8,11,13H,1-4,9-10H2,(H,25,26). The number of carboxylic acids is 1. The number of hydrogen-bond acceptors (Lipinski definition) is 5. The molecular formula is C19H19F2N3O3.